The normalized spacial score (nSPS) is 15.6. The van der Waals surface area contributed by atoms with E-state index in [1.165, 1.54) is 5.19 Å². The standard InChI is InChI=1S/C72H58FN3OSi/c1-43(2)45(4)59-41-62-57-36-33-51(73)40-60(57)72(74(62)42-65(59)78(5,6)7)61-37-44(3)66-58-35-32-50(47-23-13-9-14-24-47)39-64(58)77-70(66)67(61)71-75(68-55-29-19-17-27-53(55)54-28-18-20-30-56(54)69(68)76(71)72)63-38-49(46-21-11-8-12-22-46)31-34-52(63)48-25-15-10-16-26-48/h8-43,45H,1-7H3/q+2/i45D. The van der Waals surface area contributed by atoms with Crippen molar-refractivity contribution in [2.24, 2.45) is 5.92 Å². The van der Waals surface area contributed by atoms with Crippen molar-refractivity contribution >= 4 is 67.8 Å². The number of rotatable bonds is 7. The average molecular weight is 1030 g/mol. The third-order valence-electron chi connectivity index (χ3n) is 17.3. The zero-order valence-electron chi connectivity index (χ0n) is 45.9. The minimum absolute atomic E-state index is 0.0244. The van der Waals surface area contributed by atoms with E-state index in [-0.39, 0.29) is 11.7 Å². The van der Waals surface area contributed by atoms with Crippen molar-refractivity contribution in [3.05, 3.63) is 241 Å². The highest BCUT2D eigenvalue weighted by Gasteiger charge is 2.68. The van der Waals surface area contributed by atoms with Gasteiger partial charge in [0.15, 0.2) is 22.8 Å². The summed E-state index contributed by atoms with van der Waals surface area (Å²) in [4.78, 5) is 0. The monoisotopic (exact) mass is 1030 g/mol. The van der Waals surface area contributed by atoms with Crippen LogP contribution in [0, 0.1) is 18.7 Å². The summed E-state index contributed by atoms with van der Waals surface area (Å²) in [6, 6.07) is 73.3. The van der Waals surface area contributed by atoms with E-state index in [1.54, 1.807) is 12.1 Å². The molecule has 0 bridgehead atoms. The quantitative estimate of drug-likeness (QED) is 0.0887. The van der Waals surface area contributed by atoms with Crippen LogP contribution in [0.25, 0.3) is 116 Å². The van der Waals surface area contributed by atoms with Crippen LogP contribution in [0.2, 0.25) is 19.6 Å². The summed E-state index contributed by atoms with van der Waals surface area (Å²) in [5.41, 5.74) is 16.8. The molecule has 15 rings (SSSR count). The highest BCUT2D eigenvalue weighted by Crippen LogP contribution is 2.55. The van der Waals surface area contributed by atoms with E-state index in [0.717, 1.165) is 138 Å². The number of aromatic nitrogens is 3. The molecule has 2 unspecified atom stereocenters. The number of aryl methyl sites for hydroxylation is 1. The second kappa shape index (κ2) is 16.9. The molecule has 2 atom stereocenters. The van der Waals surface area contributed by atoms with E-state index in [0.29, 0.717) is 0 Å². The third kappa shape index (κ3) is 6.44. The van der Waals surface area contributed by atoms with Gasteiger partial charge in [-0.05, 0) is 129 Å². The molecule has 1 spiro atoms. The Morgan fingerprint density at radius 2 is 1.17 bits per heavy atom. The molecule has 0 saturated heterocycles. The number of halogens is 1. The van der Waals surface area contributed by atoms with Gasteiger partial charge in [-0.25, -0.2) is 4.39 Å². The lowest BCUT2D eigenvalue weighted by atomic mass is 9.87. The van der Waals surface area contributed by atoms with Gasteiger partial charge in [0.1, 0.15) is 22.7 Å². The summed E-state index contributed by atoms with van der Waals surface area (Å²) in [6.07, 6.45) is 2.40. The second-order valence-electron chi connectivity index (χ2n) is 23.1. The highest BCUT2D eigenvalue weighted by atomic mass is 28.3. The van der Waals surface area contributed by atoms with Crippen LogP contribution in [0.5, 0.6) is 0 Å². The molecular formula is C72H58FN3OSi+2. The van der Waals surface area contributed by atoms with Crippen molar-refractivity contribution in [3.63, 3.8) is 0 Å². The molecule has 0 fully saturated rings. The predicted octanol–water partition coefficient (Wildman–Crippen LogP) is 17.4. The minimum atomic E-state index is -2.26. The molecule has 3 aromatic heterocycles. The Morgan fingerprint density at radius 1 is 0.577 bits per heavy atom. The van der Waals surface area contributed by atoms with E-state index >= 15 is 4.39 Å². The lowest BCUT2D eigenvalue weighted by molar-refractivity contribution is -0.944. The Morgan fingerprint density at radius 3 is 1.83 bits per heavy atom. The minimum Gasteiger partial charge on any atom is -0.455 e. The van der Waals surface area contributed by atoms with Gasteiger partial charge in [0.05, 0.1) is 24.8 Å². The molecule has 0 saturated carbocycles. The third-order valence-corrected chi connectivity index (χ3v) is 19.3. The number of pyridine rings is 1. The van der Waals surface area contributed by atoms with Crippen LogP contribution in [0.3, 0.4) is 0 Å². The average Bonchev–Trinajstić information content (AvgIpc) is 3.09. The van der Waals surface area contributed by atoms with Crippen molar-refractivity contribution in [1.82, 2.24) is 4.57 Å². The van der Waals surface area contributed by atoms with Crippen molar-refractivity contribution in [1.29, 1.82) is 0 Å². The van der Waals surface area contributed by atoms with Crippen molar-refractivity contribution in [2.75, 3.05) is 0 Å². The predicted molar refractivity (Wildman–Crippen MR) is 322 cm³/mol. The van der Waals surface area contributed by atoms with E-state index in [4.69, 9.17) is 4.42 Å². The fraction of sp³-hybridized carbons (Fsp3) is 0.139. The molecule has 2 aliphatic heterocycles. The van der Waals surface area contributed by atoms with Gasteiger partial charge in [0, 0.05) is 39.7 Å². The van der Waals surface area contributed by atoms with Crippen LogP contribution in [0.1, 0.15) is 50.3 Å². The second-order valence-corrected chi connectivity index (χ2v) is 28.1. The molecule has 0 amide bonds. The first-order valence-corrected chi connectivity index (χ1v) is 30.9. The smallest absolute Gasteiger partial charge is 0.365 e. The first kappa shape index (κ1) is 45.5. The van der Waals surface area contributed by atoms with Crippen LogP contribution in [-0.4, -0.2) is 12.6 Å². The summed E-state index contributed by atoms with van der Waals surface area (Å²) in [6.45, 7) is 15.8. The number of furan rings is 1. The van der Waals surface area contributed by atoms with Gasteiger partial charge in [-0.15, -0.1) is 9.13 Å². The van der Waals surface area contributed by atoms with Crippen molar-refractivity contribution in [3.8, 4) is 61.7 Å². The molecule has 78 heavy (non-hydrogen) atoms. The summed E-state index contributed by atoms with van der Waals surface area (Å²) in [5.74, 6) is -0.263. The molecule has 2 aliphatic rings. The Labute approximate surface area is 456 Å². The van der Waals surface area contributed by atoms with Crippen LogP contribution in [-0.2, 0) is 5.66 Å². The molecule has 5 heterocycles. The number of hydrogen-bond donors (Lipinski definition) is 0. The maximum atomic E-state index is 17.1. The molecule has 0 aliphatic carbocycles. The van der Waals surface area contributed by atoms with Crippen molar-refractivity contribution in [2.45, 2.75) is 58.9 Å². The highest BCUT2D eigenvalue weighted by molar-refractivity contribution is 6.89. The summed E-state index contributed by atoms with van der Waals surface area (Å²) in [7, 11) is -2.26. The molecule has 4 nitrogen and oxygen atoms in total. The molecular weight excluding hydrogens is 970 g/mol. The Hall–Kier alpha value is -8.71. The fourth-order valence-electron chi connectivity index (χ4n) is 13.5. The topological polar surface area (TPSA) is 25.8 Å². The molecule has 13 aromatic rings. The van der Waals surface area contributed by atoms with Gasteiger partial charge in [0.2, 0.25) is 5.69 Å². The van der Waals surface area contributed by atoms with Gasteiger partial charge in [-0.1, -0.05) is 180 Å². The van der Waals surface area contributed by atoms with Crippen LogP contribution in [0.15, 0.2) is 217 Å². The van der Waals surface area contributed by atoms with E-state index < -0.39 is 19.6 Å². The van der Waals surface area contributed by atoms with Gasteiger partial charge in [-0.2, -0.15) is 4.57 Å². The summed E-state index contributed by atoms with van der Waals surface area (Å²) >= 11 is 0. The molecule has 0 N–H and O–H groups in total. The van der Waals surface area contributed by atoms with E-state index in [2.05, 4.69) is 255 Å². The first-order valence-electron chi connectivity index (χ1n) is 27.9. The van der Waals surface area contributed by atoms with Gasteiger partial charge >= 0.3 is 11.5 Å². The van der Waals surface area contributed by atoms with E-state index in [9.17, 15) is 1.37 Å². The lowest BCUT2D eigenvalue weighted by Crippen LogP contribution is -2.72. The maximum absolute atomic E-state index is 17.1. The largest absolute Gasteiger partial charge is 0.455 e. The van der Waals surface area contributed by atoms with Crippen molar-refractivity contribution < 1.29 is 19.3 Å². The lowest BCUT2D eigenvalue weighted by Gasteiger charge is -2.27. The number of imidazole rings is 1. The van der Waals surface area contributed by atoms with Gasteiger partial charge < -0.3 is 4.42 Å². The Kier molecular flexibility index (Phi) is 9.85. The molecule has 6 heteroatoms. The maximum Gasteiger partial charge on any atom is 0.365 e. The first-order chi connectivity index (χ1) is 38.2. The van der Waals surface area contributed by atoms with Crippen LogP contribution in [0.4, 0.5) is 4.39 Å². The van der Waals surface area contributed by atoms with E-state index in [1.807, 2.05) is 6.07 Å². The Balaban J connectivity index is 1.23. The summed E-state index contributed by atoms with van der Waals surface area (Å²) < 4.78 is 42.5. The molecule has 0 radical (unpaired) electrons. The number of hydrogen-bond acceptors (Lipinski definition) is 1. The SMILES string of the molecule is [2H]C(C)(c1cc2[n+](cc1[Si](C)(C)C)C1(c3cc(F)ccc3-2)c2cc(C)c3c(oc4cc(-c5ccccc5)ccc43)c2-c2n(-c3cc(-c4ccccc4)ccc3-c3ccccc3)c3c4ccccc4c4ccccc4c3[n+]21)C(C)C. The number of nitrogens with zero attached hydrogens (tertiary/aromatic N) is 3. The zero-order valence-corrected chi connectivity index (χ0v) is 45.9. The molecule has 10 aromatic carbocycles. The molecule has 376 valence electrons. The summed E-state index contributed by atoms with van der Waals surface area (Å²) in [5, 5.41) is 7.76. The number of benzene rings is 10. The zero-order chi connectivity index (χ0) is 53.9. The Bertz CT molecular complexity index is 4730. The van der Waals surface area contributed by atoms with Crippen LogP contribution >= 0.6 is 0 Å². The fourth-order valence-corrected chi connectivity index (χ4v) is 15.1. The van der Waals surface area contributed by atoms with Crippen LogP contribution < -0.4 is 14.3 Å². The van der Waals surface area contributed by atoms with Gasteiger partial charge in [0.25, 0.3) is 0 Å². The number of fused-ring (bicyclic) bond motifs is 21. The van der Waals surface area contributed by atoms with Gasteiger partial charge in [-0.3, -0.25) is 0 Å².